The first kappa shape index (κ1) is 16.2. The number of halogens is 1. The van der Waals surface area contributed by atoms with Crippen molar-refractivity contribution in [1.29, 1.82) is 0 Å². The molecule has 5 heteroatoms. The zero-order valence-electron chi connectivity index (χ0n) is 12.0. The summed E-state index contributed by atoms with van der Waals surface area (Å²) in [6.45, 7) is 6.04. The van der Waals surface area contributed by atoms with Crippen molar-refractivity contribution in [2.24, 2.45) is 0 Å². The second-order valence-electron chi connectivity index (χ2n) is 5.19. The summed E-state index contributed by atoms with van der Waals surface area (Å²) in [7, 11) is 0. The molecule has 1 aromatic carbocycles. The Bertz CT molecular complexity index is 611. The first-order valence-electron chi connectivity index (χ1n) is 6.75. The summed E-state index contributed by atoms with van der Waals surface area (Å²) in [5.41, 5.74) is 1.41. The molecular formula is C16H18BrNO2S. The van der Waals surface area contributed by atoms with Crippen LogP contribution in [0.3, 0.4) is 0 Å². The standard InChI is InChI=1S/C16H18BrNO2S/c1-11(2)18(10-14-4-3-7-21-14)9-13-6-5-12(16(19)20)8-15(13)17/h3-8,11H,9-10H2,1-2H3,(H,19,20). The molecule has 2 aromatic rings. The Morgan fingerprint density at radius 3 is 2.62 bits per heavy atom. The number of carbonyl (C=O) groups is 1. The molecule has 0 saturated heterocycles. The molecule has 0 saturated carbocycles. The van der Waals surface area contributed by atoms with Crippen LogP contribution in [-0.2, 0) is 13.1 Å². The predicted octanol–water partition coefficient (Wildman–Crippen LogP) is 4.62. The average molecular weight is 368 g/mol. The van der Waals surface area contributed by atoms with Crippen LogP contribution in [-0.4, -0.2) is 22.0 Å². The summed E-state index contributed by atoms with van der Waals surface area (Å²) in [5.74, 6) is -0.901. The molecule has 0 amide bonds. The van der Waals surface area contributed by atoms with Gasteiger partial charge in [0.25, 0.3) is 0 Å². The molecule has 0 spiro atoms. The minimum Gasteiger partial charge on any atom is -0.478 e. The van der Waals surface area contributed by atoms with Gasteiger partial charge < -0.3 is 5.11 Å². The van der Waals surface area contributed by atoms with E-state index < -0.39 is 5.97 Å². The number of rotatable bonds is 6. The molecule has 0 fully saturated rings. The van der Waals surface area contributed by atoms with Gasteiger partial charge in [-0.3, -0.25) is 4.90 Å². The lowest BCUT2D eigenvalue weighted by atomic mass is 10.1. The van der Waals surface area contributed by atoms with Crippen LogP contribution in [0.4, 0.5) is 0 Å². The number of carboxylic acid groups (broad SMARTS) is 1. The second-order valence-corrected chi connectivity index (χ2v) is 7.08. The molecule has 21 heavy (non-hydrogen) atoms. The zero-order valence-corrected chi connectivity index (χ0v) is 14.4. The second kappa shape index (κ2) is 7.20. The third kappa shape index (κ3) is 4.40. The van der Waals surface area contributed by atoms with Crippen molar-refractivity contribution in [2.75, 3.05) is 0 Å². The summed E-state index contributed by atoms with van der Waals surface area (Å²) in [6.07, 6.45) is 0. The van der Waals surface area contributed by atoms with E-state index in [2.05, 4.69) is 52.2 Å². The van der Waals surface area contributed by atoms with E-state index in [0.29, 0.717) is 11.6 Å². The van der Waals surface area contributed by atoms with Gasteiger partial charge in [0, 0.05) is 28.5 Å². The molecule has 0 aliphatic carbocycles. The molecule has 0 bridgehead atoms. The molecule has 1 heterocycles. The lowest BCUT2D eigenvalue weighted by Gasteiger charge is -2.26. The molecule has 0 radical (unpaired) electrons. The Morgan fingerprint density at radius 1 is 1.33 bits per heavy atom. The summed E-state index contributed by atoms with van der Waals surface area (Å²) in [4.78, 5) is 14.7. The van der Waals surface area contributed by atoms with Crippen molar-refractivity contribution in [1.82, 2.24) is 4.90 Å². The number of nitrogens with zero attached hydrogens (tertiary/aromatic N) is 1. The highest BCUT2D eigenvalue weighted by Gasteiger charge is 2.14. The summed E-state index contributed by atoms with van der Waals surface area (Å²) < 4.78 is 0.847. The molecule has 1 aromatic heterocycles. The summed E-state index contributed by atoms with van der Waals surface area (Å²) in [5, 5.41) is 11.1. The van der Waals surface area contributed by atoms with Crippen LogP contribution in [0.25, 0.3) is 0 Å². The van der Waals surface area contributed by atoms with Crippen molar-refractivity contribution >= 4 is 33.2 Å². The molecule has 112 valence electrons. The van der Waals surface area contributed by atoms with Crippen LogP contribution in [0.5, 0.6) is 0 Å². The Kier molecular flexibility index (Phi) is 5.56. The predicted molar refractivity (Wildman–Crippen MR) is 89.8 cm³/mol. The molecular weight excluding hydrogens is 350 g/mol. The van der Waals surface area contributed by atoms with E-state index in [-0.39, 0.29) is 0 Å². The molecule has 0 atom stereocenters. The van der Waals surface area contributed by atoms with E-state index in [1.54, 1.807) is 23.5 Å². The van der Waals surface area contributed by atoms with Gasteiger partial charge in [-0.1, -0.05) is 28.1 Å². The summed E-state index contributed by atoms with van der Waals surface area (Å²) in [6, 6.07) is 9.84. The van der Waals surface area contributed by atoms with Crippen LogP contribution in [0, 0.1) is 0 Å². The number of thiophene rings is 1. The fourth-order valence-electron chi connectivity index (χ4n) is 2.05. The highest BCUT2D eigenvalue weighted by Crippen LogP contribution is 2.23. The van der Waals surface area contributed by atoms with Crippen molar-refractivity contribution in [3.8, 4) is 0 Å². The van der Waals surface area contributed by atoms with Gasteiger partial charge in [0.2, 0.25) is 0 Å². The van der Waals surface area contributed by atoms with E-state index >= 15 is 0 Å². The number of carboxylic acids is 1. The fraction of sp³-hybridized carbons (Fsp3) is 0.312. The van der Waals surface area contributed by atoms with Gasteiger partial charge in [-0.25, -0.2) is 4.79 Å². The van der Waals surface area contributed by atoms with Crippen LogP contribution >= 0.6 is 27.3 Å². The molecule has 2 rings (SSSR count). The number of hydrogen-bond donors (Lipinski definition) is 1. The molecule has 1 N–H and O–H groups in total. The van der Waals surface area contributed by atoms with Gasteiger partial charge in [0.15, 0.2) is 0 Å². The van der Waals surface area contributed by atoms with Crippen LogP contribution in [0.1, 0.15) is 34.6 Å². The quantitative estimate of drug-likeness (QED) is 0.809. The smallest absolute Gasteiger partial charge is 0.335 e. The van der Waals surface area contributed by atoms with Crippen LogP contribution in [0.15, 0.2) is 40.2 Å². The van der Waals surface area contributed by atoms with E-state index in [4.69, 9.17) is 5.11 Å². The lowest BCUT2D eigenvalue weighted by Crippen LogP contribution is -2.29. The van der Waals surface area contributed by atoms with Gasteiger partial charge in [0.05, 0.1) is 5.56 Å². The lowest BCUT2D eigenvalue weighted by molar-refractivity contribution is 0.0696. The largest absolute Gasteiger partial charge is 0.478 e. The Morgan fingerprint density at radius 2 is 2.10 bits per heavy atom. The van der Waals surface area contributed by atoms with Gasteiger partial charge in [-0.2, -0.15) is 0 Å². The minimum absolute atomic E-state index is 0.306. The maximum Gasteiger partial charge on any atom is 0.335 e. The topological polar surface area (TPSA) is 40.5 Å². The minimum atomic E-state index is -0.901. The highest BCUT2D eigenvalue weighted by atomic mass is 79.9. The van der Waals surface area contributed by atoms with Gasteiger partial charge in [-0.15, -0.1) is 11.3 Å². The van der Waals surface area contributed by atoms with Gasteiger partial charge >= 0.3 is 5.97 Å². The molecule has 3 nitrogen and oxygen atoms in total. The Balaban J connectivity index is 2.15. The fourth-order valence-corrected chi connectivity index (χ4v) is 3.28. The molecule has 0 aliphatic heterocycles. The normalized spacial score (nSPS) is 11.3. The van der Waals surface area contributed by atoms with E-state index in [9.17, 15) is 4.79 Å². The van der Waals surface area contributed by atoms with Crippen molar-refractivity contribution in [2.45, 2.75) is 33.0 Å². The van der Waals surface area contributed by atoms with Gasteiger partial charge in [-0.05, 0) is 43.0 Å². The zero-order chi connectivity index (χ0) is 15.4. The first-order chi connectivity index (χ1) is 9.97. The monoisotopic (exact) mass is 367 g/mol. The number of hydrogen-bond acceptors (Lipinski definition) is 3. The van der Waals surface area contributed by atoms with E-state index in [0.717, 1.165) is 23.1 Å². The van der Waals surface area contributed by atoms with Gasteiger partial charge in [0.1, 0.15) is 0 Å². The van der Waals surface area contributed by atoms with Crippen molar-refractivity contribution in [3.63, 3.8) is 0 Å². The first-order valence-corrected chi connectivity index (χ1v) is 8.43. The Hall–Kier alpha value is -1.17. The van der Waals surface area contributed by atoms with Crippen LogP contribution < -0.4 is 0 Å². The van der Waals surface area contributed by atoms with E-state index in [1.807, 2.05) is 6.07 Å². The maximum absolute atomic E-state index is 11.0. The third-order valence-corrected chi connectivity index (χ3v) is 4.94. The maximum atomic E-state index is 11.0. The number of benzene rings is 1. The number of aromatic carboxylic acids is 1. The Labute approximate surface area is 137 Å². The van der Waals surface area contributed by atoms with Crippen molar-refractivity contribution < 1.29 is 9.90 Å². The highest BCUT2D eigenvalue weighted by molar-refractivity contribution is 9.10. The van der Waals surface area contributed by atoms with Crippen LogP contribution in [0.2, 0.25) is 0 Å². The SMILES string of the molecule is CC(C)N(Cc1cccs1)Cc1ccc(C(=O)O)cc1Br. The average Bonchev–Trinajstić information content (AvgIpc) is 2.92. The molecule has 0 unspecified atom stereocenters. The van der Waals surface area contributed by atoms with Crippen molar-refractivity contribution in [3.05, 3.63) is 56.2 Å². The van der Waals surface area contributed by atoms with E-state index in [1.165, 1.54) is 4.88 Å². The third-order valence-electron chi connectivity index (χ3n) is 3.34. The summed E-state index contributed by atoms with van der Waals surface area (Å²) >= 11 is 5.24. The molecule has 0 aliphatic rings.